The van der Waals surface area contributed by atoms with Gasteiger partial charge in [-0.2, -0.15) is 0 Å². The highest BCUT2D eigenvalue weighted by Gasteiger charge is 2.38. The number of nitrogens with one attached hydrogen (secondary N) is 2. The Morgan fingerprint density at radius 1 is 1.26 bits per heavy atom. The molecule has 1 aromatic heterocycles. The summed E-state index contributed by atoms with van der Waals surface area (Å²) in [6, 6.07) is 11.2. The van der Waals surface area contributed by atoms with E-state index in [4.69, 9.17) is 4.42 Å². The van der Waals surface area contributed by atoms with Gasteiger partial charge in [0.1, 0.15) is 6.26 Å². The van der Waals surface area contributed by atoms with Crippen LogP contribution in [-0.4, -0.2) is 48.1 Å². The summed E-state index contributed by atoms with van der Waals surface area (Å²) in [6.07, 6.45) is 4.43. The lowest BCUT2D eigenvalue weighted by Crippen LogP contribution is -2.46. The number of aliphatic imine (C=N–C) groups is 1. The van der Waals surface area contributed by atoms with Crippen LogP contribution in [0, 0.1) is 5.92 Å². The van der Waals surface area contributed by atoms with Crippen LogP contribution in [0.5, 0.6) is 0 Å². The van der Waals surface area contributed by atoms with Crippen LogP contribution in [0.1, 0.15) is 25.5 Å². The summed E-state index contributed by atoms with van der Waals surface area (Å²) in [7, 11) is 1.81. The van der Waals surface area contributed by atoms with Gasteiger partial charge in [0, 0.05) is 37.8 Å². The van der Waals surface area contributed by atoms with Gasteiger partial charge in [-0.05, 0) is 30.9 Å². The van der Waals surface area contributed by atoms with Crippen molar-refractivity contribution < 1.29 is 4.42 Å². The average Bonchev–Trinajstić information content (AvgIpc) is 3.30. The van der Waals surface area contributed by atoms with Crippen LogP contribution in [-0.2, 0) is 6.54 Å². The molecule has 1 saturated carbocycles. The lowest BCUT2D eigenvalue weighted by molar-refractivity contribution is 0.315. The molecule has 1 saturated heterocycles. The van der Waals surface area contributed by atoms with E-state index < -0.39 is 0 Å². The SMILES string of the molecule is CN=C(NCc1coc(-c2ccccc2)n1)NC1CN(C2CC2)CC1C.I. The van der Waals surface area contributed by atoms with Gasteiger partial charge in [0.15, 0.2) is 5.96 Å². The normalized spacial score (nSPS) is 23.1. The monoisotopic (exact) mass is 481 g/mol. The summed E-state index contributed by atoms with van der Waals surface area (Å²) in [5.41, 5.74) is 1.85. The highest BCUT2D eigenvalue weighted by Crippen LogP contribution is 2.31. The quantitative estimate of drug-likeness (QED) is 0.391. The Morgan fingerprint density at radius 3 is 2.74 bits per heavy atom. The molecule has 2 aliphatic rings. The molecule has 2 atom stereocenters. The fraction of sp³-hybridized carbons (Fsp3) is 0.500. The Balaban J connectivity index is 0.00000210. The van der Waals surface area contributed by atoms with E-state index in [-0.39, 0.29) is 24.0 Å². The standard InChI is InChI=1S/C20H27N5O.HI/c1-14-11-25(17-8-9-17)12-18(14)24-20(21-2)22-10-16-13-26-19(23-16)15-6-4-3-5-7-15;/h3-7,13-14,17-18H,8-12H2,1-2H3,(H2,21,22,24);1H. The van der Waals surface area contributed by atoms with Gasteiger partial charge in [-0.1, -0.05) is 25.1 Å². The molecule has 0 radical (unpaired) electrons. The molecule has 2 aromatic rings. The van der Waals surface area contributed by atoms with E-state index in [1.165, 1.54) is 19.4 Å². The summed E-state index contributed by atoms with van der Waals surface area (Å²) < 4.78 is 5.60. The Morgan fingerprint density at radius 2 is 2.04 bits per heavy atom. The zero-order valence-electron chi connectivity index (χ0n) is 15.9. The molecule has 7 heteroatoms. The largest absolute Gasteiger partial charge is 0.444 e. The minimum absolute atomic E-state index is 0. The Kier molecular flexibility index (Phi) is 6.75. The number of benzene rings is 1. The summed E-state index contributed by atoms with van der Waals surface area (Å²) in [4.78, 5) is 11.5. The van der Waals surface area contributed by atoms with Crippen LogP contribution in [0.3, 0.4) is 0 Å². The second kappa shape index (κ2) is 9.05. The molecule has 6 nitrogen and oxygen atoms in total. The first-order valence-corrected chi connectivity index (χ1v) is 9.44. The fourth-order valence-electron chi connectivity index (χ4n) is 3.58. The van der Waals surface area contributed by atoms with Crippen LogP contribution in [0.25, 0.3) is 11.5 Å². The molecule has 27 heavy (non-hydrogen) atoms. The molecule has 146 valence electrons. The number of rotatable bonds is 5. The summed E-state index contributed by atoms with van der Waals surface area (Å²) in [5.74, 6) is 2.10. The van der Waals surface area contributed by atoms with E-state index in [0.717, 1.165) is 29.8 Å². The third-order valence-electron chi connectivity index (χ3n) is 5.26. The molecular weight excluding hydrogens is 453 g/mol. The number of hydrogen-bond acceptors (Lipinski definition) is 4. The molecule has 1 aromatic carbocycles. The molecule has 0 bridgehead atoms. The maximum absolute atomic E-state index is 5.60. The number of oxazole rings is 1. The number of guanidine groups is 1. The zero-order valence-corrected chi connectivity index (χ0v) is 18.2. The van der Waals surface area contributed by atoms with Gasteiger partial charge in [-0.15, -0.1) is 24.0 Å². The third-order valence-corrected chi connectivity index (χ3v) is 5.26. The highest BCUT2D eigenvalue weighted by molar-refractivity contribution is 14.0. The van der Waals surface area contributed by atoms with Crippen molar-refractivity contribution in [2.45, 2.75) is 38.4 Å². The van der Waals surface area contributed by atoms with Gasteiger partial charge >= 0.3 is 0 Å². The maximum atomic E-state index is 5.60. The number of likely N-dealkylation sites (tertiary alicyclic amines) is 1. The van der Waals surface area contributed by atoms with E-state index in [1.807, 2.05) is 37.4 Å². The van der Waals surface area contributed by atoms with Crippen molar-refractivity contribution in [1.82, 2.24) is 20.5 Å². The van der Waals surface area contributed by atoms with Gasteiger partial charge in [-0.3, -0.25) is 9.89 Å². The van der Waals surface area contributed by atoms with E-state index in [9.17, 15) is 0 Å². The molecule has 2 fully saturated rings. The summed E-state index contributed by atoms with van der Waals surface area (Å²) in [5, 5.41) is 6.93. The smallest absolute Gasteiger partial charge is 0.226 e. The van der Waals surface area contributed by atoms with E-state index >= 15 is 0 Å². The molecule has 1 aliphatic carbocycles. The molecule has 0 amide bonds. The topological polar surface area (TPSA) is 65.7 Å². The molecule has 2 N–H and O–H groups in total. The van der Waals surface area contributed by atoms with Crippen molar-refractivity contribution >= 4 is 29.9 Å². The minimum Gasteiger partial charge on any atom is -0.444 e. The van der Waals surface area contributed by atoms with Crippen molar-refractivity contribution in [2.24, 2.45) is 10.9 Å². The Hall–Kier alpha value is -1.61. The first-order chi connectivity index (χ1) is 12.7. The van der Waals surface area contributed by atoms with Gasteiger partial charge < -0.3 is 15.1 Å². The molecular formula is C20H28IN5O. The van der Waals surface area contributed by atoms with Crippen molar-refractivity contribution in [1.29, 1.82) is 0 Å². The van der Waals surface area contributed by atoms with Gasteiger partial charge in [0.2, 0.25) is 5.89 Å². The zero-order chi connectivity index (χ0) is 17.9. The van der Waals surface area contributed by atoms with Crippen LogP contribution >= 0.6 is 24.0 Å². The van der Waals surface area contributed by atoms with Gasteiger partial charge in [0.05, 0.1) is 12.2 Å². The Labute approximate surface area is 177 Å². The minimum atomic E-state index is 0. The highest BCUT2D eigenvalue weighted by atomic mass is 127. The van der Waals surface area contributed by atoms with Crippen LogP contribution < -0.4 is 10.6 Å². The van der Waals surface area contributed by atoms with E-state index in [0.29, 0.717) is 24.4 Å². The van der Waals surface area contributed by atoms with Crippen LogP contribution in [0.15, 0.2) is 46.0 Å². The average molecular weight is 481 g/mol. The lowest BCUT2D eigenvalue weighted by atomic mass is 10.1. The first kappa shape index (κ1) is 20.1. The first-order valence-electron chi connectivity index (χ1n) is 9.44. The molecule has 1 aliphatic heterocycles. The third kappa shape index (κ3) is 5.01. The fourth-order valence-corrected chi connectivity index (χ4v) is 3.58. The Bertz CT molecular complexity index is 759. The van der Waals surface area contributed by atoms with Crippen LogP contribution in [0.4, 0.5) is 0 Å². The van der Waals surface area contributed by atoms with E-state index in [1.54, 1.807) is 6.26 Å². The predicted molar refractivity (Wildman–Crippen MR) is 118 cm³/mol. The molecule has 0 spiro atoms. The predicted octanol–water partition coefficient (Wildman–Crippen LogP) is 3.11. The van der Waals surface area contributed by atoms with Crippen molar-refractivity contribution in [3.63, 3.8) is 0 Å². The van der Waals surface area contributed by atoms with Crippen molar-refractivity contribution in [2.75, 3.05) is 20.1 Å². The summed E-state index contributed by atoms with van der Waals surface area (Å²) >= 11 is 0. The lowest BCUT2D eigenvalue weighted by Gasteiger charge is -2.20. The van der Waals surface area contributed by atoms with Crippen molar-refractivity contribution in [3.05, 3.63) is 42.3 Å². The van der Waals surface area contributed by atoms with Crippen LogP contribution in [0.2, 0.25) is 0 Å². The number of aromatic nitrogens is 1. The summed E-state index contributed by atoms with van der Waals surface area (Å²) in [6.45, 7) is 5.19. The molecule has 2 unspecified atom stereocenters. The molecule has 2 heterocycles. The van der Waals surface area contributed by atoms with Gasteiger partial charge in [-0.25, -0.2) is 4.98 Å². The number of hydrogen-bond donors (Lipinski definition) is 2. The second-order valence-corrected chi connectivity index (χ2v) is 7.35. The van der Waals surface area contributed by atoms with E-state index in [2.05, 4.69) is 32.4 Å². The number of nitrogens with zero attached hydrogens (tertiary/aromatic N) is 3. The van der Waals surface area contributed by atoms with Gasteiger partial charge in [0.25, 0.3) is 0 Å². The maximum Gasteiger partial charge on any atom is 0.226 e. The molecule has 4 rings (SSSR count). The van der Waals surface area contributed by atoms with Crippen molar-refractivity contribution in [3.8, 4) is 11.5 Å². The number of halogens is 1. The second-order valence-electron chi connectivity index (χ2n) is 7.35.